The topological polar surface area (TPSA) is 33.1 Å². The molecular weight excluding hydrogens is 212 g/mol. The first kappa shape index (κ1) is 12.6. The highest BCUT2D eigenvalue weighted by Crippen LogP contribution is 2.17. The zero-order valence-corrected chi connectivity index (χ0v) is 11.2. The molecule has 1 N–H and O–H groups in total. The molecule has 0 radical (unpaired) electrons. The van der Waals surface area contributed by atoms with E-state index in [9.17, 15) is 0 Å². The van der Waals surface area contributed by atoms with Crippen molar-refractivity contribution < 1.29 is 0 Å². The summed E-state index contributed by atoms with van der Waals surface area (Å²) >= 11 is 0. The number of nitrogens with zero attached hydrogens (tertiary/aromatic N) is 3. The average Bonchev–Trinajstić information content (AvgIpc) is 2.76. The molecule has 0 bridgehead atoms. The van der Waals surface area contributed by atoms with Crippen molar-refractivity contribution in [2.45, 2.75) is 39.9 Å². The van der Waals surface area contributed by atoms with E-state index in [0.717, 1.165) is 32.7 Å². The summed E-state index contributed by atoms with van der Waals surface area (Å²) < 4.78 is 2.27. The number of hydrogen-bond acceptors (Lipinski definition) is 3. The van der Waals surface area contributed by atoms with E-state index in [1.165, 1.54) is 5.82 Å². The Morgan fingerprint density at radius 2 is 2.24 bits per heavy atom. The van der Waals surface area contributed by atoms with Crippen molar-refractivity contribution in [3.63, 3.8) is 0 Å². The predicted molar refractivity (Wildman–Crippen MR) is 69.8 cm³/mol. The van der Waals surface area contributed by atoms with Crippen molar-refractivity contribution in [2.75, 3.05) is 19.6 Å². The van der Waals surface area contributed by atoms with Crippen LogP contribution < -0.4 is 5.32 Å². The van der Waals surface area contributed by atoms with Crippen molar-refractivity contribution in [1.82, 2.24) is 19.8 Å². The predicted octanol–water partition coefficient (Wildman–Crippen LogP) is 1.33. The van der Waals surface area contributed by atoms with Crippen LogP contribution in [0.4, 0.5) is 0 Å². The third-order valence-corrected chi connectivity index (χ3v) is 3.62. The van der Waals surface area contributed by atoms with E-state index < -0.39 is 0 Å². The summed E-state index contributed by atoms with van der Waals surface area (Å²) in [6.45, 7) is 12.1. The first-order valence-electron chi connectivity index (χ1n) is 6.67. The van der Waals surface area contributed by atoms with Gasteiger partial charge in [-0.25, -0.2) is 4.98 Å². The van der Waals surface area contributed by atoms with Crippen molar-refractivity contribution >= 4 is 0 Å². The summed E-state index contributed by atoms with van der Waals surface area (Å²) in [5.74, 6) is 1.88. The van der Waals surface area contributed by atoms with E-state index in [1.54, 1.807) is 0 Å². The van der Waals surface area contributed by atoms with Crippen molar-refractivity contribution in [3.8, 4) is 0 Å². The third kappa shape index (κ3) is 2.87. The van der Waals surface area contributed by atoms with Gasteiger partial charge in [0.15, 0.2) is 0 Å². The molecule has 0 saturated heterocycles. The van der Waals surface area contributed by atoms with Crippen molar-refractivity contribution in [3.05, 3.63) is 18.2 Å². The van der Waals surface area contributed by atoms with E-state index in [0.29, 0.717) is 12.0 Å². The monoisotopic (exact) mass is 236 g/mol. The number of aromatic nitrogens is 2. The number of nitrogens with one attached hydrogen (secondary N) is 1. The zero-order valence-electron chi connectivity index (χ0n) is 11.2. The maximum absolute atomic E-state index is 4.43. The fourth-order valence-corrected chi connectivity index (χ4v) is 2.55. The van der Waals surface area contributed by atoms with E-state index in [-0.39, 0.29) is 0 Å². The molecule has 17 heavy (non-hydrogen) atoms. The largest absolute Gasteiger partial charge is 0.333 e. The van der Waals surface area contributed by atoms with Gasteiger partial charge in [-0.15, -0.1) is 0 Å². The lowest BCUT2D eigenvalue weighted by Crippen LogP contribution is -2.48. The summed E-state index contributed by atoms with van der Waals surface area (Å²) in [6.07, 6.45) is 3.99. The Bertz CT molecular complexity index is 345. The summed E-state index contributed by atoms with van der Waals surface area (Å²) in [5, 5.41) is 3.48. The first-order chi connectivity index (χ1) is 8.22. The molecule has 1 unspecified atom stereocenters. The molecule has 0 spiro atoms. The zero-order chi connectivity index (χ0) is 12.3. The van der Waals surface area contributed by atoms with Crippen LogP contribution in [0.3, 0.4) is 0 Å². The highest BCUT2D eigenvalue weighted by molar-refractivity contribution is 4.97. The fourth-order valence-electron chi connectivity index (χ4n) is 2.55. The smallest absolute Gasteiger partial charge is 0.122 e. The van der Waals surface area contributed by atoms with E-state index >= 15 is 0 Å². The molecule has 4 heteroatoms. The van der Waals surface area contributed by atoms with Gasteiger partial charge in [-0.1, -0.05) is 20.8 Å². The van der Waals surface area contributed by atoms with Gasteiger partial charge in [0.2, 0.25) is 0 Å². The Morgan fingerprint density at radius 1 is 1.41 bits per heavy atom. The fraction of sp³-hybridized carbons (Fsp3) is 0.769. The Morgan fingerprint density at radius 3 is 2.94 bits per heavy atom. The maximum Gasteiger partial charge on any atom is 0.122 e. The van der Waals surface area contributed by atoms with Gasteiger partial charge >= 0.3 is 0 Å². The van der Waals surface area contributed by atoms with Gasteiger partial charge in [0.1, 0.15) is 5.82 Å². The molecule has 0 aliphatic carbocycles. The van der Waals surface area contributed by atoms with Gasteiger partial charge in [0.25, 0.3) is 0 Å². The molecule has 1 atom stereocenters. The van der Waals surface area contributed by atoms with Gasteiger partial charge in [-0.05, 0) is 12.5 Å². The Labute approximate surface area is 104 Å². The van der Waals surface area contributed by atoms with Crippen LogP contribution in [0.1, 0.15) is 26.6 Å². The van der Waals surface area contributed by atoms with E-state index in [4.69, 9.17) is 0 Å². The van der Waals surface area contributed by atoms with Crippen LogP contribution in [0.25, 0.3) is 0 Å². The van der Waals surface area contributed by atoms with E-state index in [2.05, 4.69) is 46.7 Å². The number of fused-ring (bicyclic) bond motifs is 1. The highest BCUT2D eigenvalue weighted by atomic mass is 15.3. The molecule has 1 aliphatic heterocycles. The summed E-state index contributed by atoms with van der Waals surface area (Å²) in [7, 11) is 0. The maximum atomic E-state index is 4.43. The molecule has 4 nitrogen and oxygen atoms in total. The van der Waals surface area contributed by atoms with Crippen molar-refractivity contribution in [2.24, 2.45) is 5.92 Å². The molecule has 0 aromatic carbocycles. The van der Waals surface area contributed by atoms with Gasteiger partial charge in [0.05, 0.1) is 6.54 Å². The molecule has 0 saturated carbocycles. The molecule has 0 fully saturated rings. The lowest BCUT2D eigenvalue weighted by atomic mass is 10.0. The van der Waals surface area contributed by atoms with Crippen LogP contribution in [0, 0.1) is 5.92 Å². The lowest BCUT2D eigenvalue weighted by molar-refractivity contribution is 0.117. The number of hydrogen-bond donors (Lipinski definition) is 1. The molecule has 96 valence electrons. The lowest BCUT2D eigenvalue weighted by Gasteiger charge is -2.37. The summed E-state index contributed by atoms with van der Waals surface area (Å²) in [5.41, 5.74) is 0. The third-order valence-electron chi connectivity index (χ3n) is 3.62. The van der Waals surface area contributed by atoms with Gasteiger partial charge < -0.3 is 9.88 Å². The van der Waals surface area contributed by atoms with Gasteiger partial charge in [-0.3, -0.25) is 4.90 Å². The minimum absolute atomic E-state index is 0.611. The Hall–Kier alpha value is -0.870. The SMILES string of the molecule is CCNCC(C(C)C)N1CCn2ccnc2C1. The van der Waals surface area contributed by atoms with Crippen LogP contribution in [0.15, 0.2) is 12.4 Å². The number of imidazole rings is 1. The van der Waals surface area contributed by atoms with Crippen molar-refractivity contribution in [1.29, 1.82) is 0 Å². The minimum atomic E-state index is 0.611. The molecule has 1 aromatic heterocycles. The van der Waals surface area contributed by atoms with E-state index in [1.807, 2.05) is 6.20 Å². The van der Waals surface area contributed by atoms with Crippen LogP contribution >= 0.6 is 0 Å². The molecular formula is C13H24N4. The second kappa shape index (κ2) is 5.65. The highest BCUT2D eigenvalue weighted by Gasteiger charge is 2.25. The molecule has 0 amide bonds. The van der Waals surface area contributed by atoms with Crippen LogP contribution in [0.5, 0.6) is 0 Å². The van der Waals surface area contributed by atoms with Crippen LogP contribution in [-0.4, -0.2) is 40.1 Å². The van der Waals surface area contributed by atoms with Crippen LogP contribution in [0.2, 0.25) is 0 Å². The Balaban J connectivity index is 2.01. The number of likely N-dealkylation sites (N-methyl/N-ethyl adjacent to an activating group) is 1. The second-order valence-corrected chi connectivity index (χ2v) is 5.13. The number of rotatable bonds is 5. The van der Waals surface area contributed by atoms with Gasteiger partial charge in [-0.2, -0.15) is 0 Å². The first-order valence-corrected chi connectivity index (χ1v) is 6.67. The average molecular weight is 236 g/mol. The molecule has 2 heterocycles. The molecule has 1 aromatic rings. The van der Waals surface area contributed by atoms with Gasteiger partial charge in [0, 0.05) is 38.1 Å². The standard InChI is InChI=1S/C13H24N4/c1-4-14-9-12(11(2)3)17-8-7-16-6-5-15-13(16)10-17/h5-6,11-12,14H,4,7-10H2,1-3H3. The normalized spacial score (nSPS) is 18.4. The quantitative estimate of drug-likeness (QED) is 0.837. The van der Waals surface area contributed by atoms with Crippen LogP contribution in [-0.2, 0) is 13.1 Å². The summed E-state index contributed by atoms with van der Waals surface area (Å²) in [4.78, 5) is 7.00. The summed E-state index contributed by atoms with van der Waals surface area (Å²) in [6, 6.07) is 0.611. The molecule has 1 aliphatic rings. The minimum Gasteiger partial charge on any atom is -0.333 e. The second-order valence-electron chi connectivity index (χ2n) is 5.13. The molecule has 2 rings (SSSR count). The Kier molecular flexibility index (Phi) is 4.18.